The van der Waals surface area contributed by atoms with Gasteiger partial charge in [-0.15, -0.1) is 11.3 Å². The van der Waals surface area contributed by atoms with Crippen molar-refractivity contribution in [2.45, 2.75) is 71.8 Å². The molecular formula is C28H38N2O2S. The van der Waals surface area contributed by atoms with E-state index in [1.54, 1.807) is 11.3 Å². The Bertz CT molecular complexity index is 943. The maximum atomic E-state index is 13.7. The average molecular weight is 467 g/mol. The van der Waals surface area contributed by atoms with Crippen molar-refractivity contribution < 1.29 is 9.59 Å². The lowest BCUT2D eigenvalue weighted by molar-refractivity contribution is -0.142. The zero-order valence-electron chi connectivity index (χ0n) is 20.4. The molecule has 33 heavy (non-hydrogen) atoms. The highest BCUT2D eigenvalue weighted by atomic mass is 32.1. The van der Waals surface area contributed by atoms with E-state index in [0.29, 0.717) is 31.3 Å². The van der Waals surface area contributed by atoms with Gasteiger partial charge in [-0.2, -0.15) is 0 Å². The first-order valence-electron chi connectivity index (χ1n) is 12.6. The van der Waals surface area contributed by atoms with Gasteiger partial charge in [-0.3, -0.25) is 9.59 Å². The summed E-state index contributed by atoms with van der Waals surface area (Å²) in [5.74, 6) is 1.23. The Morgan fingerprint density at radius 3 is 2.55 bits per heavy atom. The van der Waals surface area contributed by atoms with Crippen molar-refractivity contribution in [1.29, 1.82) is 0 Å². The number of carbonyl (C=O) groups excluding carboxylic acids is 2. The molecule has 0 spiro atoms. The standard InChI is InChI=1S/C28H38N2O2S/c1-20(2)18-29(26(31)13-10-22-6-4-5-7-22)19-27(32)30-16-14-25-24(15-17-33-25)28(30)23-11-8-21(3)9-12-23/h8-9,11-12,15,17,20,22,28H,4-7,10,13-14,16,18-19H2,1-3H3. The highest BCUT2D eigenvalue weighted by molar-refractivity contribution is 7.10. The van der Waals surface area contributed by atoms with Crippen molar-refractivity contribution in [3.63, 3.8) is 0 Å². The highest BCUT2D eigenvalue weighted by Gasteiger charge is 2.34. The first kappa shape index (κ1) is 24.0. The number of nitrogens with zero attached hydrogens (tertiary/aromatic N) is 2. The number of carbonyl (C=O) groups is 2. The van der Waals surface area contributed by atoms with Crippen LogP contribution in [0.15, 0.2) is 35.7 Å². The second kappa shape index (κ2) is 10.9. The number of fused-ring (bicyclic) bond motifs is 1. The zero-order chi connectivity index (χ0) is 23.4. The van der Waals surface area contributed by atoms with Crippen LogP contribution in [0.25, 0.3) is 0 Å². The van der Waals surface area contributed by atoms with E-state index in [1.807, 2.05) is 9.80 Å². The van der Waals surface area contributed by atoms with E-state index in [2.05, 4.69) is 56.5 Å². The Morgan fingerprint density at radius 2 is 1.85 bits per heavy atom. The predicted molar refractivity (Wildman–Crippen MR) is 135 cm³/mol. The smallest absolute Gasteiger partial charge is 0.242 e. The minimum Gasteiger partial charge on any atom is -0.333 e. The van der Waals surface area contributed by atoms with Crippen molar-refractivity contribution in [3.8, 4) is 0 Å². The molecule has 1 aromatic heterocycles. The highest BCUT2D eigenvalue weighted by Crippen LogP contribution is 2.38. The summed E-state index contributed by atoms with van der Waals surface area (Å²) in [5, 5.41) is 2.14. The minimum absolute atomic E-state index is 0.0623. The summed E-state index contributed by atoms with van der Waals surface area (Å²) in [4.78, 5) is 32.0. The summed E-state index contributed by atoms with van der Waals surface area (Å²) < 4.78 is 0. The van der Waals surface area contributed by atoms with E-state index in [0.717, 1.165) is 18.4 Å². The van der Waals surface area contributed by atoms with Crippen molar-refractivity contribution in [2.75, 3.05) is 19.6 Å². The van der Waals surface area contributed by atoms with E-state index < -0.39 is 0 Å². The van der Waals surface area contributed by atoms with Crippen LogP contribution in [0.2, 0.25) is 0 Å². The molecule has 1 aromatic carbocycles. The van der Waals surface area contributed by atoms with Crippen molar-refractivity contribution >= 4 is 23.2 Å². The minimum atomic E-state index is -0.0670. The maximum Gasteiger partial charge on any atom is 0.242 e. The van der Waals surface area contributed by atoms with Gasteiger partial charge in [0.15, 0.2) is 0 Å². The fraction of sp³-hybridized carbons (Fsp3) is 0.571. The Hall–Kier alpha value is -2.14. The number of benzene rings is 1. The maximum absolute atomic E-state index is 13.7. The van der Waals surface area contributed by atoms with Gasteiger partial charge in [-0.25, -0.2) is 0 Å². The predicted octanol–water partition coefficient (Wildman–Crippen LogP) is 5.99. The number of hydrogen-bond donors (Lipinski definition) is 0. The Labute approximate surface area is 203 Å². The van der Waals surface area contributed by atoms with Crippen LogP contribution in [-0.2, 0) is 16.0 Å². The summed E-state index contributed by atoms with van der Waals surface area (Å²) >= 11 is 1.78. The van der Waals surface area contributed by atoms with Crippen molar-refractivity contribution in [3.05, 3.63) is 57.3 Å². The summed E-state index contributed by atoms with van der Waals surface area (Å²) in [6.45, 7) is 7.86. The third-order valence-electron chi connectivity index (χ3n) is 7.18. The molecule has 1 unspecified atom stereocenters. The van der Waals surface area contributed by atoms with Crippen LogP contribution < -0.4 is 0 Å². The van der Waals surface area contributed by atoms with E-state index in [1.165, 1.54) is 41.7 Å². The number of thiophene rings is 1. The summed E-state index contributed by atoms with van der Waals surface area (Å²) in [7, 11) is 0. The van der Waals surface area contributed by atoms with Crippen LogP contribution in [0.1, 0.15) is 80.0 Å². The first-order valence-corrected chi connectivity index (χ1v) is 13.5. The lowest BCUT2D eigenvalue weighted by atomic mass is 9.92. The first-order chi connectivity index (χ1) is 15.9. The molecule has 4 nitrogen and oxygen atoms in total. The van der Waals surface area contributed by atoms with Crippen molar-refractivity contribution in [2.24, 2.45) is 11.8 Å². The van der Waals surface area contributed by atoms with E-state index in [9.17, 15) is 9.59 Å². The van der Waals surface area contributed by atoms with Crippen molar-refractivity contribution in [1.82, 2.24) is 9.80 Å². The normalized spacial score (nSPS) is 18.5. The topological polar surface area (TPSA) is 40.6 Å². The van der Waals surface area contributed by atoms with Gasteiger partial charge >= 0.3 is 0 Å². The number of amides is 2. The van der Waals surface area contributed by atoms with E-state index in [-0.39, 0.29) is 24.4 Å². The molecule has 1 aliphatic carbocycles. The SMILES string of the molecule is Cc1ccc(C2c3ccsc3CCN2C(=O)CN(CC(C)C)C(=O)CCC2CCCC2)cc1. The molecule has 2 aliphatic rings. The van der Waals surface area contributed by atoms with Gasteiger partial charge in [0.1, 0.15) is 0 Å². The summed E-state index contributed by atoms with van der Waals surface area (Å²) in [5.41, 5.74) is 3.61. The third kappa shape index (κ3) is 5.87. The lowest BCUT2D eigenvalue weighted by Crippen LogP contribution is -2.47. The fourth-order valence-electron chi connectivity index (χ4n) is 5.43. The van der Waals surface area contributed by atoms with Gasteiger partial charge in [0.05, 0.1) is 12.6 Å². The number of aryl methyl sites for hydroxylation is 1. The molecular weight excluding hydrogens is 428 g/mol. The zero-order valence-corrected chi connectivity index (χ0v) is 21.2. The summed E-state index contributed by atoms with van der Waals surface area (Å²) in [6.07, 6.45) is 7.54. The number of hydrogen-bond acceptors (Lipinski definition) is 3. The fourth-order valence-corrected chi connectivity index (χ4v) is 6.33. The Kier molecular flexibility index (Phi) is 7.90. The molecule has 2 aromatic rings. The summed E-state index contributed by atoms with van der Waals surface area (Å²) in [6, 6.07) is 10.6. The van der Waals surface area contributed by atoms with Gasteiger partial charge in [0.25, 0.3) is 0 Å². The van der Waals surface area contributed by atoms with Gasteiger partial charge in [0, 0.05) is 24.4 Å². The van der Waals surface area contributed by atoms with Gasteiger partial charge in [-0.1, -0.05) is 69.4 Å². The molecule has 0 N–H and O–H groups in total. The molecule has 0 saturated heterocycles. The molecule has 0 bridgehead atoms. The lowest BCUT2D eigenvalue weighted by Gasteiger charge is -2.38. The van der Waals surface area contributed by atoms with Crippen LogP contribution >= 0.6 is 11.3 Å². The third-order valence-corrected chi connectivity index (χ3v) is 8.18. The second-order valence-electron chi connectivity index (χ2n) is 10.3. The molecule has 5 heteroatoms. The van der Waals surface area contributed by atoms with Crippen LogP contribution in [0.5, 0.6) is 0 Å². The molecule has 1 aliphatic heterocycles. The molecule has 1 fully saturated rings. The molecule has 0 radical (unpaired) electrons. The quantitative estimate of drug-likeness (QED) is 0.480. The average Bonchev–Trinajstić information content (AvgIpc) is 3.48. The van der Waals surface area contributed by atoms with Crippen LogP contribution in [-0.4, -0.2) is 41.2 Å². The van der Waals surface area contributed by atoms with Gasteiger partial charge in [-0.05, 0) is 54.2 Å². The molecule has 178 valence electrons. The monoisotopic (exact) mass is 466 g/mol. The van der Waals surface area contributed by atoms with Gasteiger partial charge in [0.2, 0.25) is 11.8 Å². The Balaban J connectivity index is 1.50. The van der Waals surface area contributed by atoms with Crippen LogP contribution in [0, 0.1) is 18.8 Å². The van der Waals surface area contributed by atoms with E-state index >= 15 is 0 Å². The molecule has 2 heterocycles. The largest absolute Gasteiger partial charge is 0.333 e. The molecule has 2 amide bonds. The Morgan fingerprint density at radius 1 is 1.12 bits per heavy atom. The second-order valence-corrected chi connectivity index (χ2v) is 11.3. The molecule has 1 saturated carbocycles. The van der Waals surface area contributed by atoms with Crippen LogP contribution in [0.3, 0.4) is 0 Å². The van der Waals surface area contributed by atoms with E-state index in [4.69, 9.17) is 0 Å². The van der Waals surface area contributed by atoms with Crippen LogP contribution in [0.4, 0.5) is 0 Å². The number of rotatable bonds is 8. The van der Waals surface area contributed by atoms with Gasteiger partial charge < -0.3 is 9.80 Å². The molecule has 1 atom stereocenters. The molecule has 4 rings (SSSR count).